The first-order chi connectivity index (χ1) is 23.8. The molecule has 3 heterocycles. The maximum Gasteiger partial charge on any atom is 0.328 e. The zero-order valence-corrected chi connectivity index (χ0v) is 28.0. The number of ether oxygens (including phenoxy) is 1. The Morgan fingerprint density at radius 2 is 1.73 bits per heavy atom. The highest BCUT2D eigenvalue weighted by atomic mass is 35.5. The molecule has 3 aliphatic rings. The summed E-state index contributed by atoms with van der Waals surface area (Å²) in [4.78, 5) is 41.3. The quantitative estimate of drug-likeness (QED) is 0.218. The first-order valence-corrected chi connectivity index (χ1v) is 17.4. The molecule has 3 fully saturated rings. The van der Waals surface area contributed by atoms with Gasteiger partial charge in [-0.2, -0.15) is 5.26 Å². The normalized spacial score (nSPS) is 20.5. The number of piperidine rings is 1. The van der Waals surface area contributed by atoms with Gasteiger partial charge in [-0.05, 0) is 86.6 Å². The highest BCUT2D eigenvalue weighted by Crippen LogP contribution is 2.34. The number of hydrogen-bond acceptors (Lipinski definition) is 6. The molecule has 252 valence electrons. The molecule has 11 heteroatoms. The van der Waals surface area contributed by atoms with Crippen molar-refractivity contribution >= 4 is 46.0 Å². The fraction of sp³-hybridized carbons (Fsp3) is 0.368. The Morgan fingerprint density at radius 1 is 0.959 bits per heavy atom. The average molecular weight is 679 g/mol. The van der Waals surface area contributed by atoms with Gasteiger partial charge in [-0.25, -0.2) is 4.79 Å². The third-order valence-electron chi connectivity index (χ3n) is 10.0. The third kappa shape index (κ3) is 7.28. The van der Waals surface area contributed by atoms with E-state index in [1.807, 2.05) is 24.3 Å². The lowest BCUT2D eigenvalue weighted by Crippen LogP contribution is -2.49. The Morgan fingerprint density at radius 3 is 2.45 bits per heavy atom. The number of likely N-dealkylation sites (tertiary alicyclic amines) is 1. The van der Waals surface area contributed by atoms with Crippen molar-refractivity contribution < 1.29 is 19.1 Å². The van der Waals surface area contributed by atoms with Crippen LogP contribution in [-0.2, 0) is 11.3 Å². The maximum absolute atomic E-state index is 13.0. The highest BCUT2D eigenvalue weighted by Gasteiger charge is 2.28. The van der Waals surface area contributed by atoms with Crippen LogP contribution in [0.15, 0.2) is 72.9 Å². The molecule has 2 aliphatic heterocycles. The van der Waals surface area contributed by atoms with Gasteiger partial charge in [0, 0.05) is 67.9 Å². The lowest BCUT2D eigenvalue weighted by molar-refractivity contribution is -0.120. The van der Waals surface area contributed by atoms with E-state index in [2.05, 4.69) is 56.6 Å². The molecular weight excluding hydrogens is 640 g/mol. The second-order valence-corrected chi connectivity index (χ2v) is 13.6. The molecule has 1 aliphatic carbocycles. The molecule has 0 atom stereocenters. The largest absolute Gasteiger partial charge is 0.490 e. The van der Waals surface area contributed by atoms with Crippen LogP contribution in [0.3, 0.4) is 0 Å². The van der Waals surface area contributed by atoms with Crippen molar-refractivity contribution in [3.05, 3.63) is 94.6 Å². The molecule has 7 rings (SSSR count). The molecule has 0 radical (unpaired) electrons. The summed E-state index contributed by atoms with van der Waals surface area (Å²) in [5.74, 6) is 0.382. The van der Waals surface area contributed by atoms with Crippen molar-refractivity contribution in [2.75, 3.05) is 24.5 Å². The first kappa shape index (κ1) is 32.7. The van der Waals surface area contributed by atoms with Gasteiger partial charge >= 0.3 is 6.03 Å². The zero-order chi connectivity index (χ0) is 33.9. The lowest BCUT2D eigenvalue weighted by atomic mass is 9.92. The van der Waals surface area contributed by atoms with Gasteiger partial charge in [0.1, 0.15) is 11.8 Å². The van der Waals surface area contributed by atoms with Crippen LogP contribution in [0, 0.1) is 11.3 Å². The van der Waals surface area contributed by atoms with Crippen molar-refractivity contribution in [3.63, 3.8) is 0 Å². The van der Waals surface area contributed by atoms with Gasteiger partial charge in [-0.3, -0.25) is 24.7 Å². The summed E-state index contributed by atoms with van der Waals surface area (Å²) < 4.78 is 8.42. The summed E-state index contributed by atoms with van der Waals surface area (Å²) in [6.45, 7) is 3.15. The van der Waals surface area contributed by atoms with Crippen molar-refractivity contribution in [3.8, 4) is 11.8 Å². The molecule has 1 aromatic heterocycles. The van der Waals surface area contributed by atoms with Crippen LogP contribution in [0.1, 0.15) is 72.5 Å². The summed E-state index contributed by atoms with van der Waals surface area (Å²) in [5, 5.41) is 16.1. The van der Waals surface area contributed by atoms with Crippen LogP contribution < -0.4 is 20.3 Å². The number of carbonyl (C=O) groups is 3. The number of urea groups is 1. The number of carbonyl (C=O) groups excluding carboxylic acids is 3. The van der Waals surface area contributed by atoms with Crippen LogP contribution in [0.2, 0.25) is 5.02 Å². The van der Waals surface area contributed by atoms with Gasteiger partial charge in [0.25, 0.3) is 5.91 Å². The zero-order valence-electron chi connectivity index (χ0n) is 27.2. The standard InChI is InChI=1S/C38H39ClN6O4/c39-33-22-31(11-8-27(33)23-40)49-30-12-9-28(10-13-30)41-37(47)26-6-4-25(5-7-26)24-43-18-14-29(15-19-43)44-20-16-32-34(44)2-1-3-35(32)45-21-17-36(46)42-38(45)48/h1-8,11,16,20,22,28-30H,9-10,12-15,17-19,21,24H2,(H,41,47)(H,42,46,48). The fourth-order valence-corrected chi connectivity index (χ4v) is 7.55. The van der Waals surface area contributed by atoms with E-state index in [1.165, 1.54) is 5.56 Å². The van der Waals surface area contributed by atoms with E-state index in [0.717, 1.165) is 74.7 Å². The predicted molar refractivity (Wildman–Crippen MR) is 188 cm³/mol. The van der Waals surface area contributed by atoms with Gasteiger partial charge in [-0.1, -0.05) is 29.8 Å². The van der Waals surface area contributed by atoms with Gasteiger partial charge < -0.3 is 14.6 Å². The number of rotatable bonds is 8. The predicted octanol–water partition coefficient (Wildman–Crippen LogP) is 6.57. The summed E-state index contributed by atoms with van der Waals surface area (Å²) in [6, 6.07) is 23.4. The second kappa shape index (κ2) is 14.3. The molecule has 49 heavy (non-hydrogen) atoms. The minimum absolute atomic E-state index is 0.0490. The smallest absolute Gasteiger partial charge is 0.328 e. The minimum atomic E-state index is -0.365. The summed E-state index contributed by atoms with van der Waals surface area (Å²) in [7, 11) is 0. The number of nitrogens with zero attached hydrogens (tertiary/aromatic N) is 4. The Bertz CT molecular complexity index is 1900. The van der Waals surface area contributed by atoms with Crippen molar-refractivity contribution in [1.82, 2.24) is 20.1 Å². The monoisotopic (exact) mass is 678 g/mol. The molecule has 3 aromatic carbocycles. The second-order valence-electron chi connectivity index (χ2n) is 13.2. The van der Waals surface area contributed by atoms with E-state index < -0.39 is 0 Å². The maximum atomic E-state index is 13.0. The number of nitriles is 1. The molecule has 0 spiro atoms. The third-order valence-corrected chi connectivity index (χ3v) is 10.3. The van der Waals surface area contributed by atoms with Crippen LogP contribution >= 0.6 is 11.6 Å². The Labute approximate surface area is 290 Å². The molecule has 2 N–H and O–H groups in total. The Balaban J connectivity index is 0.875. The van der Waals surface area contributed by atoms with Gasteiger partial charge in [0.15, 0.2) is 0 Å². The van der Waals surface area contributed by atoms with Crippen LogP contribution in [-0.4, -0.2) is 59.1 Å². The topological polar surface area (TPSA) is 120 Å². The van der Waals surface area contributed by atoms with E-state index in [4.69, 9.17) is 21.6 Å². The SMILES string of the molecule is N#Cc1ccc(OC2CCC(NC(=O)c3ccc(CN4CCC(n5ccc6c(N7CCC(=O)NC7=O)cccc65)CC4)cc3)CC2)cc1Cl. The summed E-state index contributed by atoms with van der Waals surface area (Å²) in [5.41, 5.74) is 4.22. The van der Waals surface area contributed by atoms with Crippen LogP contribution in [0.5, 0.6) is 5.75 Å². The molecule has 0 unspecified atom stereocenters. The number of halogens is 1. The first-order valence-electron chi connectivity index (χ1n) is 17.0. The van der Waals surface area contributed by atoms with Gasteiger partial charge in [0.2, 0.25) is 5.91 Å². The highest BCUT2D eigenvalue weighted by molar-refractivity contribution is 6.31. The summed E-state index contributed by atoms with van der Waals surface area (Å²) in [6.07, 6.45) is 7.86. The van der Waals surface area contributed by atoms with Crippen LogP contribution in [0.4, 0.5) is 10.5 Å². The number of anilines is 1. The molecule has 0 bridgehead atoms. The number of amides is 4. The van der Waals surface area contributed by atoms with Gasteiger partial charge in [0.05, 0.1) is 27.9 Å². The van der Waals surface area contributed by atoms with Crippen molar-refractivity contribution in [2.45, 2.75) is 69.7 Å². The molecular formula is C38H39ClN6O4. The Hall–Kier alpha value is -4.85. The van der Waals surface area contributed by atoms with Crippen LogP contribution in [0.25, 0.3) is 10.9 Å². The van der Waals surface area contributed by atoms with E-state index in [-0.39, 0.29) is 30.0 Å². The van der Waals surface area contributed by atoms with Crippen molar-refractivity contribution in [1.29, 1.82) is 5.26 Å². The summed E-state index contributed by atoms with van der Waals surface area (Å²) >= 11 is 6.14. The lowest BCUT2D eigenvalue weighted by Gasteiger charge is -2.33. The van der Waals surface area contributed by atoms with Gasteiger partial charge in [-0.15, -0.1) is 0 Å². The number of hydrogen-bond donors (Lipinski definition) is 2. The fourth-order valence-electron chi connectivity index (χ4n) is 7.34. The number of imide groups is 1. The Kier molecular flexibility index (Phi) is 9.56. The molecule has 1 saturated carbocycles. The minimum Gasteiger partial charge on any atom is -0.490 e. The molecule has 4 aromatic rings. The number of aromatic nitrogens is 1. The average Bonchev–Trinajstić information content (AvgIpc) is 3.55. The van der Waals surface area contributed by atoms with E-state index in [0.29, 0.717) is 40.9 Å². The number of benzene rings is 3. The van der Waals surface area contributed by atoms with Crippen molar-refractivity contribution in [2.24, 2.45) is 0 Å². The van der Waals surface area contributed by atoms with E-state index in [1.54, 1.807) is 23.1 Å². The number of fused-ring (bicyclic) bond motifs is 1. The molecule has 2 saturated heterocycles. The molecule has 10 nitrogen and oxygen atoms in total. The van der Waals surface area contributed by atoms with E-state index in [9.17, 15) is 14.4 Å². The number of nitrogens with one attached hydrogen (secondary N) is 2. The van der Waals surface area contributed by atoms with E-state index >= 15 is 0 Å². The molecule has 4 amide bonds.